The van der Waals surface area contributed by atoms with Crippen molar-refractivity contribution in [2.24, 2.45) is 0 Å². The van der Waals surface area contributed by atoms with Gasteiger partial charge in [-0.15, -0.1) is 0 Å². The standard InChI is InChI=1S/C23H15ClF2N6O2/c1-11(30-21-19-17(33)5-6-27-20(19)28-10-29-21)22-31-16-4-2-3-15(24)18(16)23(34)32(22)14-8-12(25)7-13(26)9-14/h2-11H,1H3,(H2,27,28,29,30,33). The van der Waals surface area contributed by atoms with E-state index < -0.39 is 23.2 Å². The Morgan fingerprint density at radius 3 is 2.59 bits per heavy atom. The first-order valence-corrected chi connectivity index (χ1v) is 10.5. The Labute approximate surface area is 194 Å². The summed E-state index contributed by atoms with van der Waals surface area (Å²) in [4.78, 5) is 41.6. The summed E-state index contributed by atoms with van der Waals surface area (Å²) in [5, 5.41) is 3.55. The highest BCUT2D eigenvalue weighted by molar-refractivity contribution is 6.35. The summed E-state index contributed by atoms with van der Waals surface area (Å²) in [6.45, 7) is 1.68. The second-order valence-corrected chi connectivity index (χ2v) is 7.93. The molecule has 0 radical (unpaired) electrons. The molecule has 0 aliphatic carbocycles. The molecule has 0 amide bonds. The molecule has 0 spiro atoms. The van der Waals surface area contributed by atoms with E-state index in [0.717, 1.165) is 16.7 Å². The highest BCUT2D eigenvalue weighted by Crippen LogP contribution is 2.26. The van der Waals surface area contributed by atoms with Gasteiger partial charge in [0.25, 0.3) is 5.56 Å². The molecule has 0 bridgehead atoms. The van der Waals surface area contributed by atoms with Crippen LogP contribution in [0.3, 0.4) is 0 Å². The topological polar surface area (TPSA) is 106 Å². The van der Waals surface area contributed by atoms with Crippen LogP contribution in [0.5, 0.6) is 0 Å². The number of fused-ring (bicyclic) bond motifs is 2. The fourth-order valence-corrected chi connectivity index (χ4v) is 4.05. The lowest BCUT2D eigenvalue weighted by Gasteiger charge is -2.20. The van der Waals surface area contributed by atoms with Gasteiger partial charge in [-0.05, 0) is 31.2 Å². The maximum absolute atomic E-state index is 14.1. The van der Waals surface area contributed by atoms with Gasteiger partial charge in [-0.1, -0.05) is 17.7 Å². The Morgan fingerprint density at radius 2 is 1.82 bits per heavy atom. The van der Waals surface area contributed by atoms with Gasteiger partial charge >= 0.3 is 0 Å². The number of aromatic amines is 1. The van der Waals surface area contributed by atoms with Gasteiger partial charge in [0.05, 0.1) is 27.7 Å². The van der Waals surface area contributed by atoms with E-state index in [-0.39, 0.29) is 38.6 Å². The first kappa shape index (κ1) is 21.7. The Balaban J connectivity index is 1.75. The summed E-state index contributed by atoms with van der Waals surface area (Å²) >= 11 is 6.26. The number of H-pyrrole nitrogens is 1. The van der Waals surface area contributed by atoms with Gasteiger partial charge in [-0.2, -0.15) is 0 Å². The minimum absolute atomic E-state index is 0.0640. The van der Waals surface area contributed by atoms with E-state index in [4.69, 9.17) is 11.6 Å². The van der Waals surface area contributed by atoms with Crippen LogP contribution in [0.4, 0.5) is 14.6 Å². The molecule has 3 aromatic heterocycles. The van der Waals surface area contributed by atoms with Crippen LogP contribution < -0.4 is 16.3 Å². The van der Waals surface area contributed by atoms with E-state index in [1.807, 2.05) is 0 Å². The van der Waals surface area contributed by atoms with Gasteiger partial charge in [-0.3, -0.25) is 14.2 Å². The third-order valence-electron chi connectivity index (χ3n) is 5.27. The van der Waals surface area contributed by atoms with Crippen molar-refractivity contribution in [2.45, 2.75) is 13.0 Å². The molecule has 2 aromatic carbocycles. The zero-order valence-electron chi connectivity index (χ0n) is 17.5. The number of anilines is 1. The fourth-order valence-electron chi connectivity index (χ4n) is 3.80. The molecule has 170 valence electrons. The number of nitrogens with one attached hydrogen (secondary N) is 2. The fraction of sp³-hybridized carbons (Fsp3) is 0.0870. The van der Waals surface area contributed by atoms with Crippen molar-refractivity contribution in [1.82, 2.24) is 24.5 Å². The Morgan fingerprint density at radius 1 is 1.06 bits per heavy atom. The van der Waals surface area contributed by atoms with Gasteiger partial charge in [0.2, 0.25) is 0 Å². The molecular formula is C23H15ClF2N6O2. The lowest BCUT2D eigenvalue weighted by molar-refractivity contribution is 0.579. The van der Waals surface area contributed by atoms with Crippen LogP contribution in [0.2, 0.25) is 5.02 Å². The molecule has 5 aromatic rings. The van der Waals surface area contributed by atoms with Crippen LogP contribution in [-0.2, 0) is 0 Å². The number of benzene rings is 2. The molecule has 34 heavy (non-hydrogen) atoms. The Bertz CT molecular complexity index is 1680. The van der Waals surface area contributed by atoms with Gasteiger partial charge in [-0.25, -0.2) is 23.7 Å². The van der Waals surface area contributed by atoms with E-state index in [1.54, 1.807) is 19.1 Å². The highest BCUT2D eigenvalue weighted by Gasteiger charge is 2.21. The Kier molecular flexibility index (Phi) is 5.29. The quantitative estimate of drug-likeness (QED) is 0.401. The predicted molar refractivity (Wildman–Crippen MR) is 124 cm³/mol. The van der Waals surface area contributed by atoms with Crippen molar-refractivity contribution in [2.75, 3.05) is 5.32 Å². The second-order valence-electron chi connectivity index (χ2n) is 7.53. The van der Waals surface area contributed by atoms with Crippen LogP contribution in [0.1, 0.15) is 18.8 Å². The van der Waals surface area contributed by atoms with Gasteiger partial charge < -0.3 is 10.3 Å². The SMILES string of the molecule is CC(Nc1ncnc2[nH]ccc(=O)c12)c1nc2cccc(Cl)c2c(=O)n1-c1cc(F)cc(F)c1. The normalized spacial score (nSPS) is 12.2. The lowest BCUT2D eigenvalue weighted by Crippen LogP contribution is -2.28. The van der Waals surface area contributed by atoms with Gasteiger partial charge in [0.15, 0.2) is 5.43 Å². The molecule has 1 atom stereocenters. The van der Waals surface area contributed by atoms with Gasteiger partial charge in [0.1, 0.15) is 40.6 Å². The number of aromatic nitrogens is 5. The number of hydrogen-bond acceptors (Lipinski definition) is 6. The number of nitrogens with zero attached hydrogens (tertiary/aromatic N) is 4. The van der Waals surface area contributed by atoms with Crippen molar-refractivity contribution in [3.8, 4) is 5.69 Å². The molecule has 3 heterocycles. The van der Waals surface area contributed by atoms with Crippen LogP contribution in [0.25, 0.3) is 27.6 Å². The number of halogens is 3. The van der Waals surface area contributed by atoms with E-state index in [0.29, 0.717) is 17.2 Å². The summed E-state index contributed by atoms with van der Waals surface area (Å²) in [6, 6.07) is 8.14. The summed E-state index contributed by atoms with van der Waals surface area (Å²) in [6.07, 6.45) is 2.74. The average Bonchev–Trinajstić information content (AvgIpc) is 2.78. The molecule has 0 saturated carbocycles. The van der Waals surface area contributed by atoms with Crippen molar-refractivity contribution in [3.63, 3.8) is 0 Å². The van der Waals surface area contributed by atoms with E-state index in [2.05, 4.69) is 25.3 Å². The third kappa shape index (κ3) is 3.67. The van der Waals surface area contributed by atoms with Crippen molar-refractivity contribution in [3.05, 3.63) is 98.0 Å². The molecule has 11 heteroatoms. The first-order chi connectivity index (χ1) is 16.3. The summed E-state index contributed by atoms with van der Waals surface area (Å²) in [7, 11) is 0. The lowest BCUT2D eigenvalue weighted by atomic mass is 10.2. The van der Waals surface area contributed by atoms with E-state index in [9.17, 15) is 18.4 Å². The number of rotatable bonds is 4. The molecule has 8 nitrogen and oxygen atoms in total. The summed E-state index contributed by atoms with van der Waals surface area (Å²) in [5.74, 6) is -1.39. The molecule has 0 fully saturated rings. The predicted octanol–water partition coefficient (Wildman–Crippen LogP) is 4.12. The van der Waals surface area contributed by atoms with Crippen LogP contribution >= 0.6 is 11.6 Å². The van der Waals surface area contributed by atoms with Gasteiger partial charge in [0, 0.05) is 18.3 Å². The molecule has 0 aliphatic heterocycles. The maximum atomic E-state index is 14.1. The van der Waals surface area contributed by atoms with Crippen LogP contribution in [-0.4, -0.2) is 24.5 Å². The zero-order valence-corrected chi connectivity index (χ0v) is 18.3. The third-order valence-corrected chi connectivity index (χ3v) is 5.58. The maximum Gasteiger partial charge on any atom is 0.267 e. The molecule has 5 rings (SSSR count). The second kappa shape index (κ2) is 8.31. The largest absolute Gasteiger partial charge is 0.360 e. The number of hydrogen-bond donors (Lipinski definition) is 2. The first-order valence-electron chi connectivity index (χ1n) is 10.1. The minimum Gasteiger partial charge on any atom is -0.360 e. The smallest absolute Gasteiger partial charge is 0.267 e. The van der Waals surface area contributed by atoms with E-state index in [1.165, 1.54) is 24.7 Å². The van der Waals surface area contributed by atoms with Crippen molar-refractivity contribution >= 4 is 39.4 Å². The molecular weight excluding hydrogens is 466 g/mol. The van der Waals surface area contributed by atoms with Crippen LogP contribution in [0.15, 0.2) is 64.6 Å². The monoisotopic (exact) mass is 480 g/mol. The zero-order chi connectivity index (χ0) is 24.0. The molecule has 1 unspecified atom stereocenters. The van der Waals surface area contributed by atoms with E-state index >= 15 is 0 Å². The number of pyridine rings is 1. The average molecular weight is 481 g/mol. The molecule has 0 saturated heterocycles. The summed E-state index contributed by atoms with van der Waals surface area (Å²) < 4.78 is 29.2. The Hall–Kier alpha value is -4.18. The molecule has 2 N–H and O–H groups in total. The van der Waals surface area contributed by atoms with Crippen molar-refractivity contribution in [1.29, 1.82) is 0 Å². The summed E-state index contributed by atoms with van der Waals surface area (Å²) in [5.41, 5.74) is -0.355. The molecule has 0 aliphatic rings. The van der Waals surface area contributed by atoms with Crippen LogP contribution in [0, 0.1) is 11.6 Å². The highest BCUT2D eigenvalue weighted by atomic mass is 35.5. The van der Waals surface area contributed by atoms with Crippen molar-refractivity contribution < 1.29 is 8.78 Å². The minimum atomic E-state index is -0.860.